The summed E-state index contributed by atoms with van der Waals surface area (Å²) in [6.45, 7) is 0.704. The molecule has 1 fully saturated rings. The monoisotopic (exact) mass is 260 g/mol. The van der Waals surface area contributed by atoms with Gasteiger partial charge in [-0.2, -0.15) is 0 Å². The molecule has 16 heavy (non-hydrogen) atoms. The summed E-state index contributed by atoms with van der Waals surface area (Å²) < 4.78 is 27.0. The SMILES string of the molecule is CNCc1csc(S(=O)(=O)NC2CCC2)c1. The molecule has 6 heteroatoms. The molecule has 0 spiro atoms. The van der Waals surface area contributed by atoms with Crippen molar-refractivity contribution in [3.05, 3.63) is 17.0 Å². The van der Waals surface area contributed by atoms with Crippen molar-refractivity contribution in [2.45, 2.75) is 36.1 Å². The first kappa shape index (κ1) is 12.0. The molecular formula is C10H16N2O2S2. The zero-order valence-corrected chi connectivity index (χ0v) is 10.8. The minimum absolute atomic E-state index is 0.153. The zero-order valence-electron chi connectivity index (χ0n) is 9.19. The number of hydrogen-bond acceptors (Lipinski definition) is 4. The minimum Gasteiger partial charge on any atom is -0.316 e. The van der Waals surface area contributed by atoms with E-state index < -0.39 is 10.0 Å². The van der Waals surface area contributed by atoms with Crippen molar-refractivity contribution in [3.63, 3.8) is 0 Å². The van der Waals surface area contributed by atoms with E-state index in [0.29, 0.717) is 10.8 Å². The first-order valence-corrected chi connectivity index (χ1v) is 7.72. The molecule has 0 saturated heterocycles. The van der Waals surface area contributed by atoms with E-state index in [1.54, 1.807) is 6.07 Å². The van der Waals surface area contributed by atoms with Gasteiger partial charge in [-0.3, -0.25) is 0 Å². The molecule has 2 rings (SSSR count). The van der Waals surface area contributed by atoms with Gasteiger partial charge in [0.15, 0.2) is 0 Å². The Kier molecular flexibility index (Phi) is 3.63. The second-order valence-corrected chi connectivity index (χ2v) is 6.91. The summed E-state index contributed by atoms with van der Waals surface area (Å²) >= 11 is 1.28. The first-order chi connectivity index (χ1) is 7.62. The molecule has 1 aromatic rings. The van der Waals surface area contributed by atoms with Gasteiger partial charge < -0.3 is 5.32 Å². The second kappa shape index (κ2) is 4.83. The van der Waals surface area contributed by atoms with E-state index in [9.17, 15) is 8.42 Å². The summed E-state index contributed by atoms with van der Waals surface area (Å²) in [5.74, 6) is 0. The van der Waals surface area contributed by atoms with Gasteiger partial charge in [0.05, 0.1) is 0 Å². The molecule has 1 aliphatic rings. The van der Waals surface area contributed by atoms with Gasteiger partial charge in [0.2, 0.25) is 10.0 Å². The van der Waals surface area contributed by atoms with E-state index in [2.05, 4.69) is 10.0 Å². The fourth-order valence-electron chi connectivity index (χ4n) is 1.59. The number of thiophene rings is 1. The predicted molar refractivity (Wildman–Crippen MR) is 65.0 cm³/mol. The molecule has 0 atom stereocenters. The highest BCUT2D eigenvalue weighted by atomic mass is 32.2. The van der Waals surface area contributed by atoms with Gasteiger partial charge >= 0.3 is 0 Å². The Labute approximate surface area is 100 Å². The lowest BCUT2D eigenvalue weighted by Gasteiger charge is -2.25. The second-order valence-electron chi connectivity index (χ2n) is 4.05. The highest BCUT2D eigenvalue weighted by Crippen LogP contribution is 2.24. The van der Waals surface area contributed by atoms with Gasteiger partial charge in [0.25, 0.3) is 0 Å². The highest BCUT2D eigenvalue weighted by molar-refractivity contribution is 7.91. The van der Waals surface area contributed by atoms with Gasteiger partial charge in [-0.15, -0.1) is 11.3 Å². The van der Waals surface area contributed by atoms with Crippen LogP contribution in [0.15, 0.2) is 15.7 Å². The van der Waals surface area contributed by atoms with Crippen LogP contribution in [0.2, 0.25) is 0 Å². The molecule has 0 aliphatic heterocycles. The van der Waals surface area contributed by atoms with Gasteiger partial charge in [-0.05, 0) is 36.9 Å². The minimum atomic E-state index is -3.28. The van der Waals surface area contributed by atoms with Crippen molar-refractivity contribution in [1.82, 2.24) is 10.0 Å². The fraction of sp³-hybridized carbons (Fsp3) is 0.600. The van der Waals surface area contributed by atoms with Crippen LogP contribution in [-0.4, -0.2) is 21.5 Å². The quantitative estimate of drug-likeness (QED) is 0.839. The Morgan fingerprint density at radius 2 is 2.25 bits per heavy atom. The van der Waals surface area contributed by atoms with Crippen LogP contribution < -0.4 is 10.0 Å². The van der Waals surface area contributed by atoms with E-state index in [1.807, 2.05) is 12.4 Å². The summed E-state index contributed by atoms with van der Waals surface area (Å²) in [6, 6.07) is 1.89. The van der Waals surface area contributed by atoms with Crippen molar-refractivity contribution < 1.29 is 8.42 Å². The maximum atomic E-state index is 11.9. The number of nitrogens with one attached hydrogen (secondary N) is 2. The van der Waals surface area contributed by atoms with Crippen LogP contribution in [0.4, 0.5) is 0 Å². The van der Waals surface area contributed by atoms with E-state index in [1.165, 1.54) is 11.3 Å². The molecule has 1 saturated carbocycles. The first-order valence-electron chi connectivity index (χ1n) is 5.36. The molecule has 0 bridgehead atoms. The maximum absolute atomic E-state index is 11.9. The standard InChI is InChI=1S/C10H16N2O2S2/c1-11-6-8-5-10(15-7-8)16(13,14)12-9-3-2-4-9/h5,7,9,11-12H,2-4,6H2,1H3. The molecule has 1 aliphatic carbocycles. The average Bonchev–Trinajstić information content (AvgIpc) is 2.62. The third-order valence-corrected chi connectivity index (χ3v) is 5.71. The Hall–Kier alpha value is -0.430. The third kappa shape index (κ3) is 2.63. The van der Waals surface area contributed by atoms with Crippen LogP contribution in [0.25, 0.3) is 0 Å². The molecule has 0 unspecified atom stereocenters. The van der Waals surface area contributed by atoms with Gasteiger partial charge in [0.1, 0.15) is 4.21 Å². The van der Waals surface area contributed by atoms with Crippen molar-refractivity contribution in [1.29, 1.82) is 0 Å². The largest absolute Gasteiger partial charge is 0.316 e. The smallest absolute Gasteiger partial charge is 0.250 e. The van der Waals surface area contributed by atoms with Crippen LogP contribution in [0, 0.1) is 0 Å². The maximum Gasteiger partial charge on any atom is 0.250 e. The van der Waals surface area contributed by atoms with Gasteiger partial charge in [-0.1, -0.05) is 6.42 Å². The van der Waals surface area contributed by atoms with Crippen LogP contribution in [-0.2, 0) is 16.6 Å². The molecule has 0 amide bonds. The molecular weight excluding hydrogens is 244 g/mol. The van der Waals surface area contributed by atoms with E-state index in [4.69, 9.17) is 0 Å². The molecule has 1 aromatic heterocycles. The Balaban J connectivity index is 2.08. The van der Waals surface area contributed by atoms with Crippen LogP contribution in [0.3, 0.4) is 0 Å². The third-order valence-electron chi connectivity index (χ3n) is 2.70. The summed E-state index contributed by atoms with van der Waals surface area (Å²) in [6.07, 6.45) is 3.06. The van der Waals surface area contributed by atoms with Crippen molar-refractivity contribution >= 4 is 21.4 Å². The van der Waals surface area contributed by atoms with Crippen molar-refractivity contribution in [2.75, 3.05) is 7.05 Å². The lowest BCUT2D eigenvalue weighted by atomic mass is 9.94. The molecule has 90 valence electrons. The van der Waals surface area contributed by atoms with Crippen LogP contribution in [0.1, 0.15) is 24.8 Å². The van der Waals surface area contributed by atoms with Gasteiger partial charge in [-0.25, -0.2) is 13.1 Å². The van der Waals surface area contributed by atoms with E-state index in [-0.39, 0.29) is 6.04 Å². The number of sulfonamides is 1. The molecule has 2 N–H and O–H groups in total. The fourth-order valence-corrected chi connectivity index (χ4v) is 4.13. The van der Waals surface area contributed by atoms with E-state index in [0.717, 1.165) is 24.8 Å². The van der Waals surface area contributed by atoms with Gasteiger partial charge in [0, 0.05) is 12.6 Å². The van der Waals surface area contributed by atoms with Crippen LogP contribution in [0.5, 0.6) is 0 Å². The van der Waals surface area contributed by atoms with E-state index >= 15 is 0 Å². The predicted octanol–water partition coefficient (Wildman–Crippen LogP) is 1.30. The highest BCUT2D eigenvalue weighted by Gasteiger charge is 2.25. The molecule has 0 radical (unpaired) electrons. The van der Waals surface area contributed by atoms with Crippen molar-refractivity contribution in [3.8, 4) is 0 Å². The Morgan fingerprint density at radius 3 is 2.81 bits per heavy atom. The lowest BCUT2D eigenvalue weighted by molar-refractivity contribution is 0.384. The molecule has 4 nitrogen and oxygen atoms in total. The Bertz CT molecular complexity index is 449. The normalized spacial score (nSPS) is 17.3. The topological polar surface area (TPSA) is 58.2 Å². The van der Waals surface area contributed by atoms with Crippen LogP contribution >= 0.6 is 11.3 Å². The number of hydrogen-bond donors (Lipinski definition) is 2. The molecule has 0 aromatic carbocycles. The average molecular weight is 260 g/mol. The Morgan fingerprint density at radius 1 is 1.50 bits per heavy atom. The molecule has 1 heterocycles. The summed E-state index contributed by atoms with van der Waals surface area (Å²) in [5, 5.41) is 4.88. The number of rotatable bonds is 5. The zero-order chi connectivity index (χ0) is 11.6. The summed E-state index contributed by atoms with van der Waals surface area (Å²) in [5.41, 5.74) is 1.02. The summed E-state index contributed by atoms with van der Waals surface area (Å²) in [7, 11) is -1.43. The lowest BCUT2D eigenvalue weighted by Crippen LogP contribution is -2.39. The van der Waals surface area contributed by atoms with Crippen molar-refractivity contribution in [2.24, 2.45) is 0 Å². The summed E-state index contributed by atoms with van der Waals surface area (Å²) in [4.78, 5) is 0.